The summed E-state index contributed by atoms with van der Waals surface area (Å²) in [7, 11) is 1.40. The quantitative estimate of drug-likeness (QED) is 0.357. The molecule has 4 rings (SSSR count). The van der Waals surface area contributed by atoms with E-state index < -0.39 is 0 Å². The Bertz CT molecular complexity index is 1090. The molecule has 2 heterocycles. The zero-order valence-electron chi connectivity index (χ0n) is 17.4. The number of rotatable bonds is 6. The highest BCUT2D eigenvalue weighted by Gasteiger charge is 2.28. The largest absolute Gasteiger partial charge is 0.469 e. The third kappa shape index (κ3) is 4.66. The molecule has 1 saturated heterocycles. The summed E-state index contributed by atoms with van der Waals surface area (Å²) in [5.74, 6) is 6.78. The summed E-state index contributed by atoms with van der Waals surface area (Å²) in [5, 5.41) is 11.2. The van der Waals surface area contributed by atoms with Crippen molar-refractivity contribution in [2.24, 2.45) is 5.92 Å². The summed E-state index contributed by atoms with van der Waals surface area (Å²) < 4.78 is 6.26. The van der Waals surface area contributed by atoms with E-state index in [9.17, 15) is 9.59 Å². The Morgan fingerprint density at radius 1 is 1.13 bits per heavy atom. The first-order valence-electron chi connectivity index (χ1n) is 10.2. The second-order valence-electron chi connectivity index (χ2n) is 7.55. The maximum Gasteiger partial charge on any atom is 0.308 e. The number of esters is 1. The molecule has 2 aromatic carbocycles. The van der Waals surface area contributed by atoms with Crippen LogP contribution in [0.15, 0.2) is 47.6 Å². The van der Waals surface area contributed by atoms with Crippen LogP contribution in [-0.4, -0.2) is 57.6 Å². The maximum atomic E-state index is 12.6. The number of piperidine rings is 1. The molecule has 0 aliphatic carbocycles. The molecule has 0 atom stereocenters. The zero-order chi connectivity index (χ0) is 21.8. The van der Waals surface area contributed by atoms with Gasteiger partial charge in [0.05, 0.1) is 18.8 Å². The summed E-state index contributed by atoms with van der Waals surface area (Å²) in [6.07, 6.45) is 1.82. The van der Waals surface area contributed by atoms with Gasteiger partial charge < -0.3 is 15.5 Å². The van der Waals surface area contributed by atoms with Gasteiger partial charge in [-0.15, -0.1) is 10.2 Å². The van der Waals surface area contributed by atoms with E-state index in [2.05, 4.69) is 34.5 Å². The summed E-state index contributed by atoms with van der Waals surface area (Å²) in [6.45, 7) is 1.11. The predicted octanol–water partition coefficient (Wildman–Crippen LogP) is 2.24. The molecule has 1 amide bonds. The van der Waals surface area contributed by atoms with E-state index >= 15 is 0 Å². The van der Waals surface area contributed by atoms with Gasteiger partial charge in [-0.25, -0.2) is 4.68 Å². The molecule has 8 nitrogen and oxygen atoms in total. The third-order valence-corrected chi connectivity index (χ3v) is 6.60. The summed E-state index contributed by atoms with van der Waals surface area (Å²) in [4.78, 5) is 26.0. The fourth-order valence-corrected chi connectivity index (χ4v) is 4.67. The molecule has 0 radical (unpaired) electrons. The van der Waals surface area contributed by atoms with E-state index in [1.54, 1.807) is 4.90 Å². The molecule has 162 valence electrons. The molecule has 0 unspecified atom stereocenters. The Morgan fingerprint density at radius 2 is 1.87 bits per heavy atom. The standard InChI is InChI=1S/C22H25N5O3S/c1-30-21(29)16-9-11-26(12-10-16)20(28)14-31-22-25-24-19(27(22)23)13-17-7-4-6-15-5-2-3-8-18(15)17/h2-8,16H,9-14,23H2,1H3. The smallest absolute Gasteiger partial charge is 0.308 e. The highest BCUT2D eigenvalue weighted by molar-refractivity contribution is 7.99. The van der Waals surface area contributed by atoms with E-state index in [1.165, 1.54) is 28.9 Å². The second-order valence-corrected chi connectivity index (χ2v) is 8.49. The van der Waals surface area contributed by atoms with Crippen molar-refractivity contribution in [3.05, 3.63) is 53.9 Å². The number of nitrogens with two attached hydrogens (primary N) is 1. The fraction of sp³-hybridized carbons (Fsp3) is 0.364. The van der Waals surface area contributed by atoms with Crippen molar-refractivity contribution in [3.8, 4) is 0 Å². The molecule has 0 bridgehead atoms. The minimum atomic E-state index is -0.198. The van der Waals surface area contributed by atoms with Gasteiger partial charge in [-0.05, 0) is 29.2 Å². The van der Waals surface area contributed by atoms with Crippen LogP contribution in [0.25, 0.3) is 10.8 Å². The number of hydrogen-bond acceptors (Lipinski definition) is 7. The summed E-state index contributed by atoms with van der Waals surface area (Å²) in [5.41, 5.74) is 1.12. The van der Waals surface area contributed by atoms with Crippen molar-refractivity contribution in [1.29, 1.82) is 0 Å². The Kier molecular flexibility index (Phi) is 6.41. The lowest BCUT2D eigenvalue weighted by Gasteiger charge is -2.30. The summed E-state index contributed by atoms with van der Waals surface area (Å²) in [6, 6.07) is 14.3. The number of nitrogen functional groups attached to an aromatic ring is 1. The van der Waals surface area contributed by atoms with Gasteiger partial charge in [0.25, 0.3) is 0 Å². The van der Waals surface area contributed by atoms with Crippen LogP contribution in [0.5, 0.6) is 0 Å². The van der Waals surface area contributed by atoms with Gasteiger partial charge in [-0.1, -0.05) is 54.2 Å². The van der Waals surface area contributed by atoms with E-state index in [0.717, 1.165) is 10.9 Å². The topological polar surface area (TPSA) is 103 Å². The normalized spacial score (nSPS) is 14.7. The van der Waals surface area contributed by atoms with E-state index in [0.29, 0.717) is 43.3 Å². The first kappa shape index (κ1) is 21.2. The molecule has 1 fully saturated rings. The molecule has 1 aliphatic heterocycles. The Morgan fingerprint density at radius 3 is 2.65 bits per heavy atom. The molecule has 3 aromatic rings. The highest BCUT2D eigenvalue weighted by Crippen LogP contribution is 2.23. The van der Waals surface area contributed by atoms with Crippen LogP contribution in [0.3, 0.4) is 0 Å². The maximum absolute atomic E-state index is 12.6. The molecule has 0 spiro atoms. The Labute approximate surface area is 184 Å². The number of fused-ring (bicyclic) bond motifs is 1. The van der Waals surface area contributed by atoms with Crippen LogP contribution in [-0.2, 0) is 20.7 Å². The van der Waals surface area contributed by atoms with Crippen molar-refractivity contribution in [1.82, 2.24) is 19.8 Å². The lowest BCUT2D eigenvalue weighted by atomic mass is 9.97. The van der Waals surface area contributed by atoms with Gasteiger partial charge in [0.15, 0.2) is 5.82 Å². The van der Waals surface area contributed by atoms with Gasteiger partial charge in [0, 0.05) is 19.5 Å². The van der Waals surface area contributed by atoms with Crippen LogP contribution in [0.4, 0.5) is 0 Å². The van der Waals surface area contributed by atoms with Crippen molar-refractivity contribution in [2.75, 3.05) is 31.8 Å². The number of benzene rings is 2. The number of aromatic nitrogens is 3. The van der Waals surface area contributed by atoms with Crippen molar-refractivity contribution in [2.45, 2.75) is 24.4 Å². The molecule has 2 N–H and O–H groups in total. The van der Waals surface area contributed by atoms with Crippen molar-refractivity contribution < 1.29 is 14.3 Å². The van der Waals surface area contributed by atoms with E-state index in [1.807, 2.05) is 18.2 Å². The number of carbonyl (C=O) groups excluding carboxylic acids is 2. The van der Waals surface area contributed by atoms with E-state index in [-0.39, 0.29) is 23.5 Å². The molecular formula is C22H25N5O3S. The van der Waals surface area contributed by atoms with Gasteiger partial charge in [-0.3, -0.25) is 9.59 Å². The number of nitrogens with zero attached hydrogens (tertiary/aromatic N) is 4. The number of methoxy groups -OCH3 is 1. The van der Waals surface area contributed by atoms with Crippen LogP contribution >= 0.6 is 11.8 Å². The minimum Gasteiger partial charge on any atom is -0.469 e. The molecule has 0 saturated carbocycles. The molecule has 9 heteroatoms. The first-order valence-corrected chi connectivity index (χ1v) is 11.2. The molecule has 1 aliphatic rings. The Hall–Kier alpha value is -3.07. The number of hydrogen-bond donors (Lipinski definition) is 1. The van der Waals surface area contributed by atoms with Crippen LogP contribution < -0.4 is 5.84 Å². The van der Waals surface area contributed by atoms with Crippen molar-refractivity contribution in [3.63, 3.8) is 0 Å². The van der Waals surface area contributed by atoms with Gasteiger partial charge >= 0.3 is 5.97 Å². The number of carbonyl (C=O) groups is 2. The lowest BCUT2D eigenvalue weighted by Crippen LogP contribution is -2.41. The van der Waals surface area contributed by atoms with Gasteiger partial charge in [-0.2, -0.15) is 0 Å². The van der Waals surface area contributed by atoms with Crippen LogP contribution in [0.1, 0.15) is 24.2 Å². The molecule has 1 aromatic heterocycles. The van der Waals surface area contributed by atoms with Gasteiger partial charge in [0.2, 0.25) is 11.1 Å². The fourth-order valence-electron chi connectivity index (χ4n) is 3.89. The highest BCUT2D eigenvalue weighted by atomic mass is 32.2. The molecule has 31 heavy (non-hydrogen) atoms. The average molecular weight is 440 g/mol. The van der Waals surface area contributed by atoms with Crippen molar-refractivity contribution >= 4 is 34.4 Å². The first-order chi connectivity index (χ1) is 15.1. The monoisotopic (exact) mass is 439 g/mol. The average Bonchev–Trinajstić information content (AvgIpc) is 3.16. The Balaban J connectivity index is 1.36. The number of thioether (sulfide) groups is 1. The van der Waals surface area contributed by atoms with Gasteiger partial charge in [0.1, 0.15) is 0 Å². The number of amides is 1. The predicted molar refractivity (Wildman–Crippen MR) is 119 cm³/mol. The lowest BCUT2D eigenvalue weighted by molar-refractivity contribution is -0.148. The molecular weight excluding hydrogens is 414 g/mol. The minimum absolute atomic E-state index is 0.00641. The second kappa shape index (κ2) is 9.38. The van der Waals surface area contributed by atoms with E-state index in [4.69, 9.17) is 10.6 Å². The van der Waals surface area contributed by atoms with Crippen LogP contribution in [0.2, 0.25) is 0 Å². The third-order valence-electron chi connectivity index (χ3n) is 5.67. The van der Waals surface area contributed by atoms with Crippen LogP contribution in [0, 0.1) is 5.92 Å². The number of ether oxygens (including phenoxy) is 1. The summed E-state index contributed by atoms with van der Waals surface area (Å²) >= 11 is 1.28. The zero-order valence-corrected chi connectivity index (χ0v) is 18.2. The number of likely N-dealkylation sites (tertiary alicyclic amines) is 1. The SMILES string of the molecule is COC(=O)C1CCN(C(=O)CSc2nnc(Cc3cccc4ccccc34)n2N)CC1.